The van der Waals surface area contributed by atoms with E-state index in [-0.39, 0.29) is 23.5 Å². The number of ether oxygens (including phenoxy) is 1. The van der Waals surface area contributed by atoms with Crippen molar-refractivity contribution in [3.05, 3.63) is 59.1 Å². The van der Waals surface area contributed by atoms with Gasteiger partial charge in [0, 0.05) is 37.7 Å². The number of thiazole rings is 1. The SMILES string of the molecule is O=C(c1cccc(S(=O)(=O)NC[C@@H]2CCCO2)c1)N1CCC(c2nc3ccccc3s2)CC1. The molecule has 9 heteroatoms. The summed E-state index contributed by atoms with van der Waals surface area (Å²) < 4.78 is 34.7. The van der Waals surface area contributed by atoms with Crippen molar-refractivity contribution in [3.8, 4) is 0 Å². The van der Waals surface area contributed by atoms with Crippen LogP contribution in [0.1, 0.15) is 47.0 Å². The zero-order valence-electron chi connectivity index (χ0n) is 18.3. The molecule has 5 rings (SSSR count). The Kier molecular flexibility index (Phi) is 6.47. The first-order valence-electron chi connectivity index (χ1n) is 11.4. The highest BCUT2D eigenvalue weighted by Gasteiger charge is 2.27. The van der Waals surface area contributed by atoms with Gasteiger partial charge in [-0.2, -0.15) is 0 Å². The molecule has 0 saturated carbocycles. The maximum atomic E-state index is 13.1. The maximum Gasteiger partial charge on any atom is 0.253 e. The second kappa shape index (κ2) is 9.50. The van der Waals surface area contributed by atoms with E-state index in [1.165, 1.54) is 16.8 Å². The second-order valence-electron chi connectivity index (χ2n) is 8.60. The summed E-state index contributed by atoms with van der Waals surface area (Å²) in [6.07, 6.45) is 3.43. The number of nitrogens with zero attached hydrogens (tertiary/aromatic N) is 2. The Morgan fingerprint density at radius 3 is 2.70 bits per heavy atom. The largest absolute Gasteiger partial charge is 0.377 e. The predicted octanol–water partition coefficient (Wildman–Crippen LogP) is 3.77. The number of aromatic nitrogens is 1. The van der Waals surface area contributed by atoms with E-state index in [9.17, 15) is 13.2 Å². The first-order chi connectivity index (χ1) is 16.0. The molecule has 0 aliphatic carbocycles. The minimum Gasteiger partial charge on any atom is -0.377 e. The number of carbonyl (C=O) groups excluding carboxylic acids is 1. The molecule has 1 aromatic heterocycles. The van der Waals surface area contributed by atoms with Crippen LogP contribution in [0.2, 0.25) is 0 Å². The highest BCUT2D eigenvalue weighted by molar-refractivity contribution is 7.89. The van der Waals surface area contributed by atoms with Gasteiger partial charge < -0.3 is 9.64 Å². The van der Waals surface area contributed by atoms with Crippen LogP contribution in [0.5, 0.6) is 0 Å². The first kappa shape index (κ1) is 22.5. The summed E-state index contributed by atoms with van der Waals surface area (Å²) in [6.45, 7) is 2.19. The molecule has 3 heterocycles. The molecule has 3 aromatic rings. The summed E-state index contributed by atoms with van der Waals surface area (Å²) in [7, 11) is -3.70. The number of sulfonamides is 1. The third-order valence-corrected chi connectivity index (χ3v) is 8.98. The van der Waals surface area contributed by atoms with E-state index >= 15 is 0 Å². The molecule has 1 amide bonds. The zero-order valence-corrected chi connectivity index (χ0v) is 19.9. The topological polar surface area (TPSA) is 88.6 Å². The van der Waals surface area contributed by atoms with Crippen molar-refractivity contribution >= 4 is 37.5 Å². The average Bonchev–Trinajstić information content (AvgIpc) is 3.52. The zero-order chi connectivity index (χ0) is 22.8. The Morgan fingerprint density at radius 2 is 1.94 bits per heavy atom. The number of benzene rings is 2. The molecule has 174 valence electrons. The third kappa shape index (κ3) is 4.96. The fraction of sp³-hybridized carbons (Fsp3) is 0.417. The standard InChI is InChI=1S/C24H27N3O4S2/c28-24(18-5-3-7-20(15-18)33(29,30)25-16-19-6-4-14-31-19)27-12-10-17(11-13-27)23-26-21-8-1-2-9-22(21)32-23/h1-3,5,7-9,15,17,19,25H,4,6,10-14,16H2/t19-/m0/s1. The number of fused-ring (bicyclic) bond motifs is 1. The number of nitrogens with one attached hydrogen (secondary N) is 1. The summed E-state index contributed by atoms with van der Waals surface area (Å²) in [5, 5.41) is 1.13. The Labute approximate surface area is 197 Å². The molecule has 33 heavy (non-hydrogen) atoms. The lowest BCUT2D eigenvalue weighted by Crippen LogP contribution is -2.38. The van der Waals surface area contributed by atoms with Gasteiger partial charge in [-0.1, -0.05) is 18.2 Å². The molecule has 2 fully saturated rings. The van der Waals surface area contributed by atoms with Gasteiger partial charge >= 0.3 is 0 Å². The van der Waals surface area contributed by atoms with Gasteiger partial charge in [0.1, 0.15) is 0 Å². The van der Waals surface area contributed by atoms with Crippen LogP contribution in [0, 0.1) is 0 Å². The predicted molar refractivity (Wildman–Crippen MR) is 128 cm³/mol. The van der Waals surface area contributed by atoms with E-state index in [1.807, 2.05) is 23.1 Å². The molecule has 2 aliphatic rings. The van der Waals surface area contributed by atoms with Gasteiger partial charge in [0.15, 0.2) is 0 Å². The van der Waals surface area contributed by atoms with Crippen LogP contribution in [0.15, 0.2) is 53.4 Å². The lowest BCUT2D eigenvalue weighted by atomic mass is 9.97. The smallest absolute Gasteiger partial charge is 0.253 e. The van der Waals surface area contributed by atoms with Crippen LogP contribution in [0.4, 0.5) is 0 Å². The fourth-order valence-electron chi connectivity index (χ4n) is 4.46. The van der Waals surface area contributed by atoms with Crippen LogP contribution in [-0.2, 0) is 14.8 Å². The molecule has 7 nitrogen and oxygen atoms in total. The molecule has 2 aromatic carbocycles. The van der Waals surface area contributed by atoms with Gasteiger partial charge in [0.05, 0.1) is 26.2 Å². The summed E-state index contributed by atoms with van der Waals surface area (Å²) in [4.78, 5) is 19.8. The highest BCUT2D eigenvalue weighted by atomic mass is 32.2. The third-order valence-electron chi connectivity index (χ3n) is 6.36. The van der Waals surface area contributed by atoms with Crippen molar-refractivity contribution in [1.82, 2.24) is 14.6 Å². The summed E-state index contributed by atoms with van der Waals surface area (Å²) >= 11 is 1.73. The number of amides is 1. The summed E-state index contributed by atoms with van der Waals surface area (Å²) in [5.41, 5.74) is 1.43. The number of likely N-dealkylation sites (tertiary alicyclic amines) is 1. The Morgan fingerprint density at radius 1 is 1.12 bits per heavy atom. The van der Waals surface area contributed by atoms with E-state index in [0.717, 1.165) is 36.2 Å². The van der Waals surface area contributed by atoms with Gasteiger partial charge in [-0.3, -0.25) is 4.79 Å². The minimum atomic E-state index is -3.70. The molecule has 0 bridgehead atoms. The molecule has 0 radical (unpaired) electrons. The van der Waals surface area contributed by atoms with Crippen LogP contribution >= 0.6 is 11.3 Å². The van der Waals surface area contributed by atoms with Crippen LogP contribution in [0.25, 0.3) is 10.2 Å². The van der Waals surface area contributed by atoms with E-state index < -0.39 is 10.0 Å². The molecule has 0 spiro atoms. The number of piperidine rings is 1. The van der Waals surface area contributed by atoms with Gasteiger partial charge in [0.25, 0.3) is 5.91 Å². The van der Waals surface area contributed by atoms with Crippen molar-refractivity contribution in [2.75, 3.05) is 26.2 Å². The molecule has 2 saturated heterocycles. The second-order valence-corrected chi connectivity index (χ2v) is 11.4. The van der Waals surface area contributed by atoms with Crippen molar-refractivity contribution in [2.45, 2.75) is 42.6 Å². The number of hydrogen-bond donors (Lipinski definition) is 1. The quantitative estimate of drug-likeness (QED) is 0.574. The van der Waals surface area contributed by atoms with E-state index in [4.69, 9.17) is 9.72 Å². The van der Waals surface area contributed by atoms with E-state index in [2.05, 4.69) is 10.8 Å². The number of rotatable bonds is 6. The molecule has 1 N–H and O–H groups in total. The number of hydrogen-bond acceptors (Lipinski definition) is 6. The van der Waals surface area contributed by atoms with Gasteiger partial charge in [0.2, 0.25) is 10.0 Å². The van der Waals surface area contributed by atoms with Crippen molar-refractivity contribution in [3.63, 3.8) is 0 Å². The first-order valence-corrected chi connectivity index (χ1v) is 13.7. The van der Waals surface area contributed by atoms with Crippen molar-refractivity contribution in [2.24, 2.45) is 0 Å². The van der Waals surface area contributed by atoms with Crippen LogP contribution < -0.4 is 4.72 Å². The van der Waals surface area contributed by atoms with Crippen LogP contribution in [-0.4, -0.2) is 56.6 Å². The van der Waals surface area contributed by atoms with Gasteiger partial charge in [-0.05, 0) is 56.0 Å². The highest BCUT2D eigenvalue weighted by Crippen LogP contribution is 2.34. The molecule has 1 atom stereocenters. The molecular weight excluding hydrogens is 458 g/mol. The molecule has 2 aliphatic heterocycles. The Bertz CT molecular complexity index is 1210. The molecule has 0 unspecified atom stereocenters. The van der Waals surface area contributed by atoms with E-state index in [0.29, 0.717) is 31.2 Å². The minimum absolute atomic E-state index is 0.0821. The summed E-state index contributed by atoms with van der Waals surface area (Å²) in [6, 6.07) is 14.4. The Balaban J connectivity index is 1.22. The monoisotopic (exact) mass is 485 g/mol. The van der Waals surface area contributed by atoms with Gasteiger partial charge in [-0.25, -0.2) is 18.1 Å². The number of para-hydroxylation sites is 1. The van der Waals surface area contributed by atoms with E-state index in [1.54, 1.807) is 23.5 Å². The summed E-state index contributed by atoms with van der Waals surface area (Å²) in [5.74, 6) is 0.217. The normalized spacial score (nSPS) is 19.9. The van der Waals surface area contributed by atoms with Crippen molar-refractivity contribution < 1.29 is 17.9 Å². The average molecular weight is 486 g/mol. The van der Waals surface area contributed by atoms with Crippen molar-refractivity contribution in [1.29, 1.82) is 0 Å². The Hall–Kier alpha value is -2.33. The lowest BCUT2D eigenvalue weighted by molar-refractivity contribution is 0.0712. The maximum absolute atomic E-state index is 13.1. The van der Waals surface area contributed by atoms with Gasteiger partial charge in [-0.15, -0.1) is 11.3 Å². The lowest BCUT2D eigenvalue weighted by Gasteiger charge is -2.31. The molecular formula is C24H27N3O4S2. The number of carbonyl (C=O) groups is 1. The fourth-order valence-corrected chi connectivity index (χ4v) is 6.71. The van der Waals surface area contributed by atoms with Crippen LogP contribution in [0.3, 0.4) is 0 Å².